The maximum atomic E-state index is 4.93. The predicted molar refractivity (Wildman–Crippen MR) is 157 cm³/mol. The molecule has 4 heteroatoms. The van der Waals surface area contributed by atoms with E-state index >= 15 is 0 Å². The molecule has 0 spiro atoms. The van der Waals surface area contributed by atoms with Gasteiger partial charge in [-0.1, -0.05) is 77.1 Å². The second-order valence-electron chi connectivity index (χ2n) is 11.5. The summed E-state index contributed by atoms with van der Waals surface area (Å²) in [5, 5.41) is 6.96. The first-order valence-corrected chi connectivity index (χ1v) is 13.4. The van der Waals surface area contributed by atoms with Crippen LogP contribution in [0.5, 0.6) is 0 Å². The highest BCUT2D eigenvalue weighted by Crippen LogP contribution is 2.51. The molecule has 3 aromatic carbocycles. The Bertz CT molecular complexity index is 1720. The maximum Gasteiger partial charge on any atom is 0.0666 e. The highest BCUT2D eigenvalue weighted by atomic mass is 15.3. The third-order valence-electron chi connectivity index (χ3n) is 8.10. The zero-order valence-corrected chi connectivity index (χ0v) is 22.8. The van der Waals surface area contributed by atoms with E-state index < -0.39 is 0 Å². The molecule has 3 heterocycles. The van der Waals surface area contributed by atoms with Gasteiger partial charge in [0.05, 0.1) is 22.4 Å². The molecule has 3 aromatic heterocycles. The fourth-order valence-electron chi connectivity index (χ4n) is 6.75. The van der Waals surface area contributed by atoms with Crippen LogP contribution in [-0.4, -0.2) is 19.3 Å². The summed E-state index contributed by atoms with van der Waals surface area (Å²) in [5.74, 6) is 0.331. The van der Waals surface area contributed by atoms with E-state index in [0.717, 1.165) is 17.1 Å². The Morgan fingerprint density at radius 1 is 0.684 bits per heavy atom. The van der Waals surface area contributed by atoms with E-state index in [1.54, 1.807) is 0 Å². The molecule has 0 fully saturated rings. The van der Waals surface area contributed by atoms with Gasteiger partial charge in [-0.25, -0.2) is 4.68 Å². The van der Waals surface area contributed by atoms with E-state index in [9.17, 15) is 0 Å². The highest BCUT2D eigenvalue weighted by molar-refractivity contribution is 6.09. The van der Waals surface area contributed by atoms with Gasteiger partial charge in [0.2, 0.25) is 0 Å². The first-order chi connectivity index (χ1) is 18.3. The van der Waals surface area contributed by atoms with Crippen molar-refractivity contribution >= 4 is 21.8 Å². The van der Waals surface area contributed by atoms with Crippen molar-refractivity contribution in [3.8, 4) is 11.4 Å². The minimum Gasteiger partial charge on any atom is -0.309 e. The Kier molecular flexibility index (Phi) is 5.71. The molecule has 0 saturated carbocycles. The fraction of sp³-hybridized carbons (Fsp3) is 0.235. The number of benzene rings is 3. The Labute approximate surface area is 224 Å². The Morgan fingerprint density at radius 2 is 1.47 bits per heavy atom. The van der Waals surface area contributed by atoms with E-state index in [-0.39, 0.29) is 10.8 Å². The molecule has 190 valence electrons. The van der Waals surface area contributed by atoms with Crippen LogP contribution in [0, 0.1) is 11.3 Å². The predicted octanol–water partition coefficient (Wildman–Crippen LogP) is 8.35. The third-order valence-corrected chi connectivity index (χ3v) is 8.10. The fourth-order valence-corrected chi connectivity index (χ4v) is 6.75. The van der Waals surface area contributed by atoms with E-state index in [2.05, 4.69) is 123 Å². The first kappa shape index (κ1) is 24.2. The lowest BCUT2D eigenvalue weighted by molar-refractivity contribution is 0.160. The normalized spacial score (nSPS) is 13.8. The summed E-state index contributed by atoms with van der Waals surface area (Å²) in [4.78, 5) is 4.93. The standard InChI is InChI=1S/C34H34N4/c1-24(2)34(33(3,4)5,32-16-8-9-19-35-32)25-12-10-13-27(22-25)38-30-15-7-6-14-28(30)29-18-17-26(23-31(29)38)37-21-11-20-36-37/h6-24H,1-5H3. The monoisotopic (exact) mass is 498 g/mol. The van der Waals surface area contributed by atoms with Crippen molar-refractivity contribution in [1.29, 1.82) is 0 Å². The van der Waals surface area contributed by atoms with Crippen LogP contribution in [0.4, 0.5) is 0 Å². The zero-order chi connectivity index (χ0) is 26.5. The topological polar surface area (TPSA) is 35.6 Å². The molecular formula is C34H34N4. The maximum absolute atomic E-state index is 4.93. The van der Waals surface area contributed by atoms with Crippen LogP contribution in [-0.2, 0) is 5.41 Å². The summed E-state index contributed by atoms with van der Waals surface area (Å²) < 4.78 is 4.32. The van der Waals surface area contributed by atoms with E-state index in [1.165, 1.54) is 27.4 Å². The summed E-state index contributed by atoms with van der Waals surface area (Å²) in [6.45, 7) is 11.7. The first-order valence-electron chi connectivity index (χ1n) is 13.4. The number of pyridine rings is 1. The SMILES string of the molecule is CC(C)C(c1cccc(-n2c3ccccc3c3ccc(-n4cccn4)cc32)c1)(c1ccccn1)C(C)(C)C. The second-order valence-corrected chi connectivity index (χ2v) is 11.5. The molecule has 6 aromatic rings. The average Bonchev–Trinajstić information content (AvgIpc) is 3.55. The number of para-hydroxylation sites is 1. The van der Waals surface area contributed by atoms with Crippen LogP contribution in [0.15, 0.2) is 110 Å². The molecule has 6 rings (SSSR count). The van der Waals surface area contributed by atoms with Gasteiger partial charge >= 0.3 is 0 Å². The molecule has 0 saturated heterocycles. The minimum absolute atomic E-state index is 0.0672. The van der Waals surface area contributed by atoms with Crippen molar-refractivity contribution in [1.82, 2.24) is 19.3 Å². The lowest BCUT2D eigenvalue weighted by atomic mass is 9.55. The Hall–Kier alpha value is -4.18. The molecule has 0 aliphatic carbocycles. The summed E-state index contributed by atoms with van der Waals surface area (Å²) in [7, 11) is 0. The molecule has 1 atom stereocenters. The average molecular weight is 499 g/mol. The summed E-state index contributed by atoms with van der Waals surface area (Å²) >= 11 is 0. The zero-order valence-electron chi connectivity index (χ0n) is 22.8. The summed E-state index contributed by atoms with van der Waals surface area (Å²) in [6, 6.07) is 32.6. The lowest BCUT2D eigenvalue weighted by Crippen LogP contribution is -2.46. The molecule has 0 aliphatic rings. The van der Waals surface area contributed by atoms with Gasteiger partial charge in [-0.15, -0.1) is 0 Å². The van der Waals surface area contributed by atoms with Crippen molar-refractivity contribution < 1.29 is 0 Å². The quantitative estimate of drug-likeness (QED) is 0.239. The number of hydrogen-bond donors (Lipinski definition) is 0. The van der Waals surface area contributed by atoms with Gasteiger partial charge in [-0.3, -0.25) is 4.98 Å². The van der Waals surface area contributed by atoms with Crippen LogP contribution in [0.1, 0.15) is 45.9 Å². The van der Waals surface area contributed by atoms with Crippen LogP contribution in [0.3, 0.4) is 0 Å². The van der Waals surface area contributed by atoms with Crippen LogP contribution in [0.25, 0.3) is 33.2 Å². The Morgan fingerprint density at radius 3 is 2.18 bits per heavy atom. The van der Waals surface area contributed by atoms with E-state index in [1.807, 2.05) is 35.4 Å². The molecule has 0 N–H and O–H groups in total. The lowest BCUT2D eigenvalue weighted by Gasteiger charge is -2.48. The van der Waals surface area contributed by atoms with Gasteiger partial charge in [0.15, 0.2) is 0 Å². The van der Waals surface area contributed by atoms with E-state index in [0.29, 0.717) is 5.92 Å². The number of hydrogen-bond acceptors (Lipinski definition) is 2. The van der Waals surface area contributed by atoms with Crippen LogP contribution in [0.2, 0.25) is 0 Å². The highest BCUT2D eigenvalue weighted by Gasteiger charge is 2.48. The van der Waals surface area contributed by atoms with Crippen LogP contribution < -0.4 is 0 Å². The van der Waals surface area contributed by atoms with Crippen molar-refractivity contribution in [2.45, 2.75) is 40.0 Å². The summed E-state index contributed by atoms with van der Waals surface area (Å²) in [6.07, 6.45) is 5.73. The van der Waals surface area contributed by atoms with E-state index in [4.69, 9.17) is 4.98 Å². The van der Waals surface area contributed by atoms with Gasteiger partial charge in [0.25, 0.3) is 0 Å². The molecular weight excluding hydrogens is 464 g/mol. The molecule has 0 aliphatic heterocycles. The van der Waals surface area contributed by atoms with Gasteiger partial charge in [-0.05, 0) is 65.4 Å². The molecule has 0 amide bonds. The minimum atomic E-state index is -0.275. The summed E-state index contributed by atoms with van der Waals surface area (Å²) in [5.41, 5.74) is 6.61. The largest absolute Gasteiger partial charge is 0.309 e. The molecule has 4 nitrogen and oxygen atoms in total. The second kappa shape index (κ2) is 8.98. The van der Waals surface area contributed by atoms with Gasteiger partial charge in [0, 0.05) is 40.5 Å². The van der Waals surface area contributed by atoms with Crippen LogP contribution >= 0.6 is 0 Å². The van der Waals surface area contributed by atoms with Crippen molar-refractivity contribution in [3.63, 3.8) is 0 Å². The molecule has 38 heavy (non-hydrogen) atoms. The van der Waals surface area contributed by atoms with Crippen molar-refractivity contribution in [2.75, 3.05) is 0 Å². The Balaban J connectivity index is 1.65. The van der Waals surface area contributed by atoms with Gasteiger partial charge < -0.3 is 4.57 Å². The third kappa shape index (κ3) is 3.59. The number of fused-ring (bicyclic) bond motifs is 3. The number of aromatic nitrogens is 4. The van der Waals surface area contributed by atoms with Crippen molar-refractivity contribution in [3.05, 3.63) is 121 Å². The molecule has 0 radical (unpaired) electrons. The molecule has 1 unspecified atom stereocenters. The van der Waals surface area contributed by atoms with Crippen molar-refractivity contribution in [2.24, 2.45) is 11.3 Å². The van der Waals surface area contributed by atoms with Gasteiger partial charge in [-0.2, -0.15) is 5.10 Å². The smallest absolute Gasteiger partial charge is 0.0666 e. The van der Waals surface area contributed by atoms with Gasteiger partial charge in [0.1, 0.15) is 0 Å². The number of nitrogens with zero attached hydrogens (tertiary/aromatic N) is 4. The number of rotatable bonds is 5. The molecule has 0 bridgehead atoms.